The minimum Gasteiger partial charge on any atom is -0.506 e. The quantitative estimate of drug-likeness (QED) is 0.711. The van der Waals surface area contributed by atoms with Gasteiger partial charge in [0.15, 0.2) is 0 Å². The smallest absolute Gasteiger partial charge is 0.261 e. The monoisotopic (exact) mass is 285 g/mol. The number of pyridine rings is 1. The molecular weight excluding hydrogens is 274 g/mol. The van der Waals surface area contributed by atoms with Crippen LogP contribution in [0.25, 0.3) is 10.9 Å². The van der Waals surface area contributed by atoms with Crippen LogP contribution in [0.3, 0.4) is 0 Å². The Balaban J connectivity index is 2.19. The van der Waals surface area contributed by atoms with Crippen LogP contribution in [0.2, 0.25) is 0 Å². The normalized spacial score (nSPS) is 11.4. The number of hydrogen-bond donors (Lipinski definition) is 2. The molecule has 1 aromatic carbocycles. The van der Waals surface area contributed by atoms with Crippen LogP contribution >= 0.6 is 11.3 Å². The van der Waals surface area contributed by atoms with Crippen molar-refractivity contribution in [2.24, 2.45) is 4.99 Å². The molecular formula is C14H11N3O2S. The summed E-state index contributed by atoms with van der Waals surface area (Å²) in [5.41, 5.74) is 1.31. The third-order valence-electron chi connectivity index (χ3n) is 2.99. The molecule has 0 saturated heterocycles. The number of nitrogens with one attached hydrogen (secondary N) is 1. The van der Waals surface area contributed by atoms with Crippen molar-refractivity contribution in [3.8, 4) is 5.75 Å². The Bertz CT molecular complexity index is 851. The van der Waals surface area contributed by atoms with Crippen LogP contribution in [0, 0.1) is 6.92 Å². The minimum absolute atomic E-state index is 0.0623. The number of hydrogen-bond acceptors (Lipinski definition) is 5. The van der Waals surface area contributed by atoms with Crippen LogP contribution in [-0.4, -0.2) is 21.3 Å². The van der Waals surface area contributed by atoms with Crippen molar-refractivity contribution in [3.05, 3.63) is 51.3 Å². The summed E-state index contributed by atoms with van der Waals surface area (Å²) in [6.07, 6.45) is 2.97. The highest BCUT2D eigenvalue weighted by molar-refractivity contribution is 7.13. The first kappa shape index (κ1) is 12.6. The predicted octanol–water partition coefficient (Wildman–Crippen LogP) is 2.75. The molecule has 2 N–H and O–H groups in total. The maximum Gasteiger partial charge on any atom is 0.261 e. The van der Waals surface area contributed by atoms with Crippen LogP contribution in [0.1, 0.15) is 11.1 Å². The van der Waals surface area contributed by atoms with Gasteiger partial charge in [0.25, 0.3) is 5.56 Å². The van der Waals surface area contributed by atoms with Crippen molar-refractivity contribution >= 4 is 33.6 Å². The van der Waals surface area contributed by atoms with E-state index in [9.17, 15) is 9.90 Å². The lowest BCUT2D eigenvalue weighted by Gasteiger charge is -2.05. The second kappa shape index (κ2) is 4.90. The lowest BCUT2D eigenvalue weighted by Crippen LogP contribution is -2.12. The van der Waals surface area contributed by atoms with Crippen molar-refractivity contribution in [3.63, 3.8) is 0 Å². The summed E-state index contributed by atoms with van der Waals surface area (Å²) in [7, 11) is 0. The first-order valence-corrected chi connectivity index (χ1v) is 6.83. The van der Waals surface area contributed by atoms with Crippen LogP contribution < -0.4 is 5.56 Å². The molecule has 0 aliphatic heterocycles. The third kappa shape index (κ3) is 2.10. The molecule has 100 valence electrons. The van der Waals surface area contributed by atoms with E-state index in [2.05, 4.69) is 15.0 Å². The molecule has 20 heavy (non-hydrogen) atoms. The van der Waals surface area contributed by atoms with E-state index in [1.807, 2.05) is 19.1 Å². The molecule has 5 nitrogen and oxygen atoms in total. The summed E-state index contributed by atoms with van der Waals surface area (Å²) in [5.74, 6) is -0.0623. The maximum atomic E-state index is 12.0. The summed E-state index contributed by atoms with van der Waals surface area (Å²) in [6, 6.07) is 5.47. The van der Waals surface area contributed by atoms with Crippen LogP contribution in [-0.2, 0) is 0 Å². The zero-order chi connectivity index (χ0) is 14.1. The number of nitrogens with zero attached hydrogens (tertiary/aromatic N) is 2. The Hall–Kier alpha value is -2.47. The van der Waals surface area contributed by atoms with Crippen molar-refractivity contribution < 1.29 is 5.11 Å². The highest BCUT2D eigenvalue weighted by atomic mass is 32.1. The molecule has 0 atom stereocenters. The summed E-state index contributed by atoms with van der Waals surface area (Å²) in [4.78, 5) is 22.9. The number of fused-ring (bicyclic) bond motifs is 1. The van der Waals surface area contributed by atoms with Crippen molar-refractivity contribution in [2.75, 3.05) is 0 Å². The third-order valence-corrected chi connectivity index (χ3v) is 3.67. The van der Waals surface area contributed by atoms with Gasteiger partial charge in [-0.2, -0.15) is 0 Å². The van der Waals surface area contributed by atoms with E-state index >= 15 is 0 Å². The zero-order valence-electron chi connectivity index (χ0n) is 10.6. The van der Waals surface area contributed by atoms with Gasteiger partial charge in [0.05, 0.1) is 5.52 Å². The highest BCUT2D eigenvalue weighted by Crippen LogP contribution is 2.26. The fourth-order valence-electron chi connectivity index (χ4n) is 1.98. The van der Waals surface area contributed by atoms with Crippen molar-refractivity contribution in [1.82, 2.24) is 9.97 Å². The van der Waals surface area contributed by atoms with E-state index in [4.69, 9.17) is 0 Å². The van der Waals surface area contributed by atoms with E-state index in [-0.39, 0.29) is 16.9 Å². The lowest BCUT2D eigenvalue weighted by atomic mass is 10.1. The second-order valence-corrected chi connectivity index (χ2v) is 5.16. The molecule has 0 bridgehead atoms. The van der Waals surface area contributed by atoms with E-state index in [0.29, 0.717) is 16.0 Å². The van der Waals surface area contributed by atoms with Crippen LogP contribution in [0.15, 0.2) is 39.6 Å². The van der Waals surface area contributed by atoms with Gasteiger partial charge < -0.3 is 10.1 Å². The zero-order valence-corrected chi connectivity index (χ0v) is 11.4. The summed E-state index contributed by atoms with van der Waals surface area (Å²) >= 11 is 1.36. The summed E-state index contributed by atoms with van der Waals surface area (Å²) in [5, 5.41) is 13.2. The average Bonchev–Trinajstić information content (AvgIpc) is 2.93. The Morgan fingerprint density at radius 1 is 1.45 bits per heavy atom. The van der Waals surface area contributed by atoms with Gasteiger partial charge in [-0.25, -0.2) is 9.98 Å². The maximum absolute atomic E-state index is 12.0. The second-order valence-electron chi connectivity index (χ2n) is 4.29. The van der Waals surface area contributed by atoms with Gasteiger partial charge in [0, 0.05) is 23.2 Å². The Morgan fingerprint density at radius 3 is 3.05 bits per heavy atom. The van der Waals surface area contributed by atoms with Gasteiger partial charge in [-0.1, -0.05) is 12.1 Å². The molecule has 2 heterocycles. The molecule has 3 aromatic rings. The fraction of sp³-hybridized carbons (Fsp3) is 0.0714. The number of aliphatic imine (C=N–C) groups is 1. The van der Waals surface area contributed by atoms with Gasteiger partial charge >= 0.3 is 0 Å². The highest BCUT2D eigenvalue weighted by Gasteiger charge is 2.11. The number of para-hydroxylation sites is 1. The van der Waals surface area contributed by atoms with Gasteiger partial charge in [0.1, 0.15) is 11.3 Å². The Kier molecular flexibility index (Phi) is 3.08. The topological polar surface area (TPSA) is 78.3 Å². The molecule has 2 aromatic heterocycles. The fourth-order valence-corrected chi connectivity index (χ4v) is 2.46. The molecule has 0 amide bonds. The number of aromatic hydroxyl groups is 1. The first-order chi connectivity index (χ1) is 9.66. The van der Waals surface area contributed by atoms with E-state index in [1.165, 1.54) is 17.6 Å². The van der Waals surface area contributed by atoms with Gasteiger partial charge in [-0.15, -0.1) is 11.3 Å². The van der Waals surface area contributed by atoms with Gasteiger partial charge in [0.2, 0.25) is 5.13 Å². The molecule has 0 saturated carbocycles. The molecule has 0 spiro atoms. The summed E-state index contributed by atoms with van der Waals surface area (Å²) < 4.78 is 0. The van der Waals surface area contributed by atoms with Gasteiger partial charge in [-0.3, -0.25) is 4.79 Å². The van der Waals surface area contributed by atoms with E-state index in [0.717, 1.165) is 5.56 Å². The molecule has 0 unspecified atom stereocenters. The van der Waals surface area contributed by atoms with Crippen molar-refractivity contribution in [1.29, 1.82) is 0 Å². The average molecular weight is 285 g/mol. The largest absolute Gasteiger partial charge is 0.506 e. The first-order valence-electron chi connectivity index (χ1n) is 5.95. The number of aromatic amines is 1. The molecule has 0 aliphatic rings. The lowest BCUT2D eigenvalue weighted by molar-refractivity contribution is 0.479. The minimum atomic E-state index is -0.371. The van der Waals surface area contributed by atoms with E-state index < -0.39 is 0 Å². The van der Waals surface area contributed by atoms with Crippen LogP contribution in [0.4, 0.5) is 5.13 Å². The summed E-state index contributed by atoms with van der Waals surface area (Å²) in [6.45, 7) is 1.88. The van der Waals surface area contributed by atoms with E-state index in [1.54, 1.807) is 17.6 Å². The number of benzene rings is 1. The van der Waals surface area contributed by atoms with Gasteiger partial charge in [-0.05, 0) is 18.6 Å². The molecule has 0 fully saturated rings. The molecule has 3 rings (SSSR count). The Labute approximate surface area is 118 Å². The molecule has 0 radical (unpaired) electrons. The SMILES string of the molecule is Cc1cccc2c(O)c(/C=N/c3nccs3)c(=O)[nH]c12. The number of rotatable bonds is 2. The standard InChI is InChI=1S/C14H11N3O2S/c1-8-3-2-4-9-11(8)17-13(19)10(12(9)18)7-16-14-15-5-6-20-14/h2-7H,1H3,(H2,17,18,19)/b16-7+. The molecule has 0 aliphatic carbocycles. The molecule has 6 heteroatoms. The number of H-pyrrole nitrogens is 1. The predicted molar refractivity (Wildman–Crippen MR) is 80.3 cm³/mol. The number of aromatic nitrogens is 2. The number of aryl methyl sites for hydroxylation is 1. The number of thiazole rings is 1. The van der Waals surface area contributed by atoms with Crippen LogP contribution in [0.5, 0.6) is 5.75 Å². The van der Waals surface area contributed by atoms with Crippen molar-refractivity contribution in [2.45, 2.75) is 6.92 Å². The Morgan fingerprint density at radius 2 is 2.30 bits per heavy atom.